The number of rotatable bonds is 11. The third-order valence-electron chi connectivity index (χ3n) is 5.17. The monoisotopic (exact) mass is 386 g/mol. The van der Waals surface area contributed by atoms with Crippen molar-refractivity contribution >= 4 is 17.0 Å². The Labute approximate surface area is 170 Å². The Morgan fingerprint density at radius 2 is 1.96 bits per heavy atom. The molecule has 156 valence electrons. The van der Waals surface area contributed by atoms with Crippen molar-refractivity contribution in [3.8, 4) is 0 Å². The number of para-hydroxylation sites is 2. The van der Waals surface area contributed by atoms with Gasteiger partial charge in [-0.25, -0.2) is 4.98 Å². The minimum absolute atomic E-state index is 0.407. The maximum atomic E-state index is 4.79. The van der Waals surface area contributed by atoms with Crippen molar-refractivity contribution in [3.63, 3.8) is 0 Å². The second kappa shape index (κ2) is 11.7. The first-order valence-corrected chi connectivity index (χ1v) is 10.8. The molecule has 0 fully saturated rings. The number of guanidine groups is 1. The molecular weight excluding hydrogens is 348 g/mol. The van der Waals surface area contributed by atoms with Gasteiger partial charge in [-0.2, -0.15) is 0 Å². The van der Waals surface area contributed by atoms with E-state index in [4.69, 9.17) is 4.99 Å². The summed E-state index contributed by atoms with van der Waals surface area (Å²) in [4.78, 5) is 11.9. The van der Waals surface area contributed by atoms with Gasteiger partial charge in [-0.05, 0) is 65.4 Å². The first-order valence-electron chi connectivity index (χ1n) is 10.8. The summed E-state index contributed by atoms with van der Waals surface area (Å²) in [6, 6.07) is 8.69. The molecule has 1 unspecified atom stereocenters. The Kier molecular flexibility index (Phi) is 9.28. The Morgan fingerprint density at radius 3 is 2.68 bits per heavy atom. The predicted octanol–water partition coefficient (Wildman–Crippen LogP) is 3.41. The van der Waals surface area contributed by atoms with Gasteiger partial charge in [0.1, 0.15) is 5.82 Å². The molecular formula is C22H38N6. The normalized spacial score (nSPS) is 13.3. The van der Waals surface area contributed by atoms with E-state index >= 15 is 0 Å². The van der Waals surface area contributed by atoms with E-state index in [1.807, 2.05) is 6.07 Å². The lowest BCUT2D eigenvalue weighted by Crippen LogP contribution is -2.42. The molecule has 6 nitrogen and oxygen atoms in total. The number of aliphatic imine (C=N–C) groups is 1. The summed E-state index contributed by atoms with van der Waals surface area (Å²) < 4.78 is 2.25. The Balaban J connectivity index is 1.88. The molecule has 0 spiro atoms. The summed E-state index contributed by atoms with van der Waals surface area (Å²) >= 11 is 0. The van der Waals surface area contributed by atoms with Crippen LogP contribution in [0.15, 0.2) is 29.3 Å². The molecule has 0 saturated heterocycles. The van der Waals surface area contributed by atoms with Crippen LogP contribution in [0.1, 0.15) is 46.4 Å². The molecule has 1 atom stereocenters. The van der Waals surface area contributed by atoms with Gasteiger partial charge in [0.2, 0.25) is 0 Å². The van der Waals surface area contributed by atoms with Crippen LogP contribution in [0, 0.1) is 6.92 Å². The zero-order chi connectivity index (χ0) is 20.4. The highest BCUT2D eigenvalue weighted by Gasteiger charge is 2.08. The molecule has 0 aliphatic rings. The lowest BCUT2D eigenvalue weighted by atomic mass is 10.2. The average Bonchev–Trinajstić information content (AvgIpc) is 3.01. The quantitative estimate of drug-likeness (QED) is 0.459. The number of aryl methyl sites for hydroxylation is 1. The third-order valence-corrected chi connectivity index (χ3v) is 5.17. The van der Waals surface area contributed by atoms with Gasteiger partial charge in [0, 0.05) is 19.1 Å². The van der Waals surface area contributed by atoms with Gasteiger partial charge in [0.15, 0.2) is 5.96 Å². The van der Waals surface area contributed by atoms with Crippen molar-refractivity contribution < 1.29 is 0 Å². The summed E-state index contributed by atoms with van der Waals surface area (Å²) in [5, 5.41) is 6.93. The van der Waals surface area contributed by atoms with Crippen LogP contribution >= 0.6 is 0 Å². The fourth-order valence-electron chi connectivity index (χ4n) is 3.53. The molecule has 1 aromatic heterocycles. The van der Waals surface area contributed by atoms with E-state index in [0.717, 1.165) is 56.4 Å². The van der Waals surface area contributed by atoms with Gasteiger partial charge in [0.25, 0.3) is 0 Å². The van der Waals surface area contributed by atoms with E-state index in [1.165, 1.54) is 18.5 Å². The number of nitrogens with zero attached hydrogens (tertiary/aromatic N) is 4. The van der Waals surface area contributed by atoms with Crippen LogP contribution in [-0.2, 0) is 6.54 Å². The molecule has 0 radical (unpaired) electrons. The van der Waals surface area contributed by atoms with Crippen LogP contribution < -0.4 is 10.6 Å². The van der Waals surface area contributed by atoms with Gasteiger partial charge < -0.3 is 20.1 Å². The summed E-state index contributed by atoms with van der Waals surface area (Å²) in [5.41, 5.74) is 2.23. The van der Waals surface area contributed by atoms with Crippen molar-refractivity contribution in [2.75, 3.05) is 32.7 Å². The second-order valence-corrected chi connectivity index (χ2v) is 7.27. The molecule has 6 heteroatoms. The molecule has 1 heterocycles. The van der Waals surface area contributed by atoms with Crippen molar-refractivity contribution in [3.05, 3.63) is 30.1 Å². The maximum Gasteiger partial charge on any atom is 0.191 e. The number of fused-ring (bicyclic) bond motifs is 1. The first kappa shape index (κ1) is 22.2. The van der Waals surface area contributed by atoms with Crippen molar-refractivity contribution in [1.82, 2.24) is 25.1 Å². The predicted molar refractivity (Wildman–Crippen MR) is 120 cm³/mol. The highest BCUT2D eigenvalue weighted by molar-refractivity contribution is 5.80. The van der Waals surface area contributed by atoms with Crippen LogP contribution in [-0.4, -0.2) is 59.2 Å². The minimum atomic E-state index is 0.407. The summed E-state index contributed by atoms with van der Waals surface area (Å²) in [6.45, 7) is 16.7. The fourth-order valence-corrected chi connectivity index (χ4v) is 3.53. The molecule has 0 saturated carbocycles. The van der Waals surface area contributed by atoms with Crippen molar-refractivity contribution in [2.24, 2.45) is 4.99 Å². The fraction of sp³-hybridized carbons (Fsp3) is 0.636. The Hall–Kier alpha value is -2.08. The number of benzene rings is 1. The van der Waals surface area contributed by atoms with Gasteiger partial charge >= 0.3 is 0 Å². The highest BCUT2D eigenvalue weighted by Crippen LogP contribution is 2.15. The Bertz CT molecular complexity index is 732. The van der Waals surface area contributed by atoms with E-state index in [-0.39, 0.29) is 0 Å². The summed E-state index contributed by atoms with van der Waals surface area (Å²) in [5.74, 6) is 1.94. The number of imidazole rings is 1. The smallest absolute Gasteiger partial charge is 0.191 e. The van der Waals surface area contributed by atoms with E-state index in [9.17, 15) is 0 Å². The molecule has 2 rings (SSSR count). The molecule has 2 N–H and O–H groups in total. The standard InChI is InChI=1S/C22H38N6/c1-6-23-22(25-18(4)12-11-16-27(7-2)8-3)24-15-17-28-19(5)26-20-13-9-10-14-21(20)28/h9-10,13-14,18H,6-8,11-12,15-17H2,1-5H3,(H2,23,24,25). The molecule has 0 aliphatic heterocycles. The molecule has 0 aliphatic carbocycles. The molecule has 2 aromatic rings. The van der Waals surface area contributed by atoms with Crippen LogP contribution in [0.3, 0.4) is 0 Å². The number of hydrogen-bond donors (Lipinski definition) is 2. The number of aromatic nitrogens is 2. The SMILES string of the molecule is CCNC(=NCCn1c(C)nc2ccccc21)NC(C)CCCN(CC)CC. The molecule has 28 heavy (non-hydrogen) atoms. The van der Waals surface area contributed by atoms with Crippen LogP contribution in [0.25, 0.3) is 11.0 Å². The molecule has 0 bridgehead atoms. The van der Waals surface area contributed by atoms with Crippen molar-refractivity contribution in [1.29, 1.82) is 0 Å². The lowest BCUT2D eigenvalue weighted by molar-refractivity contribution is 0.292. The lowest BCUT2D eigenvalue weighted by Gasteiger charge is -2.21. The highest BCUT2D eigenvalue weighted by atomic mass is 15.2. The van der Waals surface area contributed by atoms with E-state index in [2.05, 4.69) is 77.9 Å². The van der Waals surface area contributed by atoms with Crippen LogP contribution in [0.4, 0.5) is 0 Å². The van der Waals surface area contributed by atoms with Gasteiger partial charge in [-0.3, -0.25) is 4.99 Å². The summed E-state index contributed by atoms with van der Waals surface area (Å²) in [6.07, 6.45) is 2.35. The average molecular weight is 387 g/mol. The zero-order valence-corrected chi connectivity index (χ0v) is 18.3. The second-order valence-electron chi connectivity index (χ2n) is 7.27. The largest absolute Gasteiger partial charge is 0.357 e. The third kappa shape index (κ3) is 6.51. The topological polar surface area (TPSA) is 57.5 Å². The zero-order valence-electron chi connectivity index (χ0n) is 18.3. The van der Waals surface area contributed by atoms with E-state index in [0.29, 0.717) is 6.04 Å². The molecule has 1 aromatic carbocycles. The van der Waals surface area contributed by atoms with Crippen molar-refractivity contribution in [2.45, 2.75) is 60.0 Å². The van der Waals surface area contributed by atoms with Gasteiger partial charge in [0.05, 0.1) is 17.6 Å². The maximum absolute atomic E-state index is 4.79. The van der Waals surface area contributed by atoms with Crippen LogP contribution in [0.2, 0.25) is 0 Å². The van der Waals surface area contributed by atoms with E-state index in [1.54, 1.807) is 0 Å². The van der Waals surface area contributed by atoms with E-state index < -0.39 is 0 Å². The number of nitrogens with one attached hydrogen (secondary N) is 2. The van der Waals surface area contributed by atoms with Gasteiger partial charge in [-0.1, -0.05) is 26.0 Å². The van der Waals surface area contributed by atoms with Gasteiger partial charge in [-0.15, -0.1) is 0 Å². The molecule has 0 amide bonds. The first-order chi connectivity index (χ1) is 13.6. The number of hydrogen-bond acceptors (Lipinski definition) is 3. The minimum Gasteiger partial charge on any atom is -0.357 e. The van der Waals surface area contributed by atoms with Crippen LogP contribution in [0.5, 0.6) is 0 Å². The Morgan fingerprint density at radius 1 is 1.21 bits per heavy atom. The summed E-state index contributed by atoms with van der Waals surface area (Å²) in [7, 11) is 0.